The van der Waals surface area contributed by atoms with E-state index in [0.717, 1.165) is 11.3 Å². The Labute approximate surface area is 197 Å². The van der Waals surface area contributed by atoms with Crippen LogP contribution in [0, 0.1) is 0 Å². The number of benzene rings is 3. The van der Waals surface area contributed by atoms with Gasteiger partial charge in [0.1, 0.15) is 17.2 Å². The summed E-state index contributed by atoms with van der Waals surface area (Å²) < 4.78 is 16.9. The van der Waals surface area contributed by atoms with Gasteiger partial charge in [-0.2, -0.15) is 0 Å². The third-order valence-electron chi connectivity index (χ3n) is 6.20. The van der Waals surface area contributed by atoms with Crippen molar-refractivity contribution in [2.45, 2.75) is 25.1 Å². The highest BCUT2D eigenvalue weighted by Gasteiger charge is 2.49. The van der Waals surface area contributed by atoms with Crippen LogP contribution in [-0.2, 0) is 0 Å². The van der Waals surface area contributed by atoms with Gasteiger partial charge in [0, 0.05) is 23.6 Å². The van der Waals surface area contributed by atoms with Gasteiger partial charge in [0.15, 0.2) is 5.72 Å². The van der Waals surface area contributed by atoms with Gasteiger partial charge in [0.25, 0.3) is 5.91 Å². The molecule has 2 bridgehead atoms. The molecular formula is C26H25N3O5. The summed E-state index contributed by atoms with van der Waals surface area (Å²) in [5.41, 5.74) is 1.50. The van der Waals surface area contributed by atoms with Crippen LogP contribution in [0.25, 0.3) is 0 Å². The number of nitrogens with zero attached hydrogens (tertiary/aromatic N) is 1. The third-order valence-corrected chi connectivity index (χ3v) is 6.20. The number of carbonyl (C=O) groups excluding carboxylic acids is 2. The van der Waals surface area contributed by atoms with Crippen molar-refractivity contribution in [1.29, 1.82) is 0 Å². The van der Waals surface area contributed by atoms with Crippen molar-refractivity contribution < 1.29 is 23.8 Å². The second kappa shape index (κ2) is 8.30. The number of nitrogens with one attached hydrogen (secondary N) is 2. The first kappa shape index (κ1) is 21.6. The Kier molecular flexibility index (Phi) is 5.28. The van der Waals surface area contributed by atoms with E-state index < -0.39 is 5.72 Å². The summed E-state index contributed by atoms with van der Waals surface area (Å²) in [4.78, 5) is 27.8. The second-order valence-corrected chi connectivity index (χ2v) is 8.43. The fourth-order valence-corrected chi connectivity index (χ4v) is 4.61. The van der Waals surface area contributed by atoms with Gasteiger partial charge in [-0.1, -0.05) is 24.3 Å². The Morgan fingerprint density at radius 3 is 2.71 bits per heavy atom. The fourth-order valence-electron chi connectivity index (χ4n) is 4.61. The molecule has 1 saturated heterocycles. The quantitative estimate of drug-likeness (QED) is 0.576. The molecule has 0 aliphatic carbocycles. The number of urea groups is 1. The summed E-state index contributed by atoms with van der Waals surface area (Å²) in [6.45, 7) is 1.89. The molecule has 0 radical (unpaired) electrons. The first-order chi connectivity index (χ1) is 16.4. The largest absolute Gasteiger partial charge is 0.497 e. The lowest BCUT2D eigenvalue weighted by atomic mass is 9.90. The van der Waals surface area contributed by atoms with E-state index in [0.29, 0.717) is 34.9 Å². The Morgan fingerprint density at radius 1 is 1.09 bits per heavy atom. The van der Waals surface area contributed by atoms with E-state index in [1.165, 1.54) is 7.11 Å². The standard InChI is InChI=1S/C26H25N3O5/c1-26-15-21(19-9-4-5-10-22(19)34-26)28-25(31)29(26)17-8-6-7-16(13-17)24(30)27-20-14-18(32-2)11-12-23(20)33-3/h4-14,21H,15H2,1-3H3,(H,27,30)(H,28,31). The molecule has 2 aliphatic rings. The number of hydrogen-bond donors (Lipinski definition) is 2. The van der Waals surface area contributed by atoms with Crippen molar-refractivity contribution in [2.75, 3.05) is 24.4 Å². The predicted octanol–water partition coefficient (Wildman–Crippen LogP) is 4.73. The predicted molar refractivity (Wildman–Crippen MR) is 128 cm³/mol. The Bertz CT molecular complexity index is 1280. The van der Waals surface area contributed by atoms with Crippen LogP contribution in [0.1, 0.15) is 35.3 Å². The Hall–Kier alpha value is -4.20. The maximum atomic E-state index is 13.2. The van der Waals surface area contributed by atoms with Crippen molar-refractivity contribution in [1.82, 2.24) is 5.32 Å². The number of para-hydroxylation sites is 1. The van der Waals surface area contributed by atoms with Crippen LogP contribution in [-0.4, -0.2) is 31.9 Å². The van der Waals surface area contributed by atoms with Gasteiger partial charge in [0.2, 0.25) is 0 Å². The Balaban J connectivity index is 1.45. The normalized spacial score (nSPS) is 20.5. The van der Waals surface area contributed by atoms with Crippen LogP contribution in [0.5, 0.6) is 17.2 Å². The zero-order valence-corrected chi connectivity index (χ0v) is 19.1. The molecular weight excluding hydrogens is 434 g/mol. The molecule has 8 heteroatoms. The molecule has 2 atom stereocenters. The zero-order valence-electron chi connectivity index (χ0n) is 19.1. The molecule has 8 nitrogen and oxygen atoms in total. The van der Waals surface area contributed by atoms with Crippen molar-refractivity contribution in [3.8, 4) is 17.2 Å². The summed E-state index contributed by atoms with van der Waals surface area (Å²) >= 11 is 0. The average Bonchev–Trinajstić information content (AvgIpc) is 2.83. The van der Waals surface area contributed by atoms with Gasteiger partial charge in [-0.25, -0.2) is 4.79 Å². The molecule has 2 aliphatic heterocycles. The summed E-state index contributed by atoms with van der Waals surface area (Å²) in [6, 6.07) is 19.4. The van der Waals surface area contributed by atoms with Crippen LogP contribution >= 0.6 is 0 Å². The summed E-state index contributed by atoms with van der Waals surface area (Å²) in [5.74, 6) is 1.50. The monoisotopic (exact) mass is 459 g/mol. The number of hydrogen-bond acceptors (Lipinski definition) is 5. The highest BCUT2D eigenvalue weighted by Crippen LogP contribution is 2.45. The van der Waals surface area contributed by atoms with E-state index >= 15 is 0 Å². The van der Waals surface area contributed by atoms with Crippen molar-refractivity contribution in [2.24, 2.45) is 0 Å². The molecule has 174 valence electrons. The number of rotatable bonds is 5. The molecule has 34 heavy (non-hydrogen) atoms. The third kappa shape index (κ3) is 3.67. The first-order valence-corrected chi connectivity index (χ1v) is 10.9. The van der Waals surface area contributed by atoms with E-state index in [-0.39, 0.29) is 18.0 Å². The molecule has 3 aromatic rings. The molecule has 2 heterocycles. The van der Waals surface area contributed by atoms with Gasteiger partial charge in [0.05, 0.1) is 31.6 Å². The molecule has 0 spiro atoms. The molecule has 0 aromatic heterocycles. The topological polar surface area (TPSA) is 89.1 Å². The number of ether oxygens (including phenoxy) is 3. The number of fused-ring (bicyclic) bond motifs is 4. The summed E-state index contributed by atoms with van der Waals surface area (Å²) in [6.07, 6.45) is 0.577. The number of amides is 3. The maximum Gasteiger partial charge on any atom is 0.325 e. The zero-order chi connectivity index (χ0) is 23.9. The highest BCUT2D eigenvalue weighted by atomic mass is 16.5. The lowest BCUT2D eigenvalue weighted by molar-refractivity contribution is 0.0378. The second-order valence-electron chi connectivity index (χ2n) is 8.43. The van der Waals surface area contributed by atoms with E-state index in [1.807, 2.05) is 31.2 Å². The Morgan fingerprint density at radius 2 is 1.91 bits per heavy atom. The molecule has 0 saturated carbocycles. The molecule has 3 amide bonds. The van der Waals surface area contributed by atoms with Crippen molar-refractivity contribution in [3.63, 3.8) is 0 Å². The molecule has 3 aromatic carbocycles. The molecule has 2 N–H and O–H groups in total. The van der Waals surface area contributed by atoms with Gasteiger partial charge >= 0.3 is 6.03 Å². The fraction of sp³-hybridized carbons (Fsp3) is 0.231. The molecule has 1 fully saturated rings. The van der Waals surface area contributed by atoms with Crippen LogP contribution in [0.2, 0.25) is 0 Å². The molecule has 5 rings (SSSR count). The minimum Gasteiger partial charge on any atom is -0.497 e. The minimum absolute atomic E-state index is 0.134. The van der Waals surface area contributed by atoms with E-state index in [2.05, 4.69) is 10.6 Å². The highest BCUT2D eigenvalue weighted by molar-refractivity contribution is 6.06. The molecule has 2 unspecified atom stereocenters. The smallest absolute Gasteiger partial charge is 0.325 e. The lowest BCUT2D eigenvalue weighted by Gasteiger charge is -2.50. The van der Waals surface area contributed by atoms with E-state index in [4.69, 9.17) is 14.2 Å². The van der Waals surface area contributed by atoms with E-state index in [9.17, 15) is 9.59 Å². The summed E-state index contributed by atoms with van der Waals surface area (Å²) in [5, 5.41) is 5.94. The van der Waals surface area contributed by atoms with E-state index in [1.54, 1.807) is 54.5 Å². The van der Waals surface area contributed by atoms with Crippen molar-refractivity contribution in [3.05, 3.63) is 77.9 Å². The minimum atomic E-state index is -0.896. The van der Waals surface area contributed by atoms with Gasteiger partial charge < -0.3 is 24.8 Å². The van der Waals surface area contributed by atoms with Gasteiger partial charge in [-0.05, 0) is 43.3 Å². The SMILES string of the molecule is COc1ccc(OC)c(NC(=O)c2cccc(N3C(=O)NC4CC3(C)Oc3ccccc34)c2)c1. The summed E-state index contributed by atoms with van der Waals surface area (Å²) in [7, 11) is 3.08. The average molecular weight is 460 g/mol. The van der Waals surface area contributed by atoms with Crippen LogP contribution in [0.15, 0.2) is 66.7 Å². The van der Waals surface area contributed by atoms with Crippen LogP contribution in [0.3, 0.4) is 0 Å². The number of carbonyl (C=O) groups is 2. The van der Waals surface area contributed by atoms with Crippen molar-refractivity contribution >= 4 is 23.3 Å². The first-order valence-electron chi connectivity index (χ1n) is 10.9. The van der Waals surface area contributed by atoms with Gasteiger partial charge in [-0.15, -0.1) is 0 Å². The van der Waals surface area contributed by atoms with Gasteiger partial charge in [-0.3, -0.25) is 9.69 Å². The number of methoxy groups -OCH3 is 2. The lowest BCUT2D eigenvalue weighted by Crippen LogP contribution is -2.65. The van der Waals surface area contributed by atoms with Crippen LogP contribution < -0.4 is 29.7 Å². The maximum absolute atomic E-state index is 13.2. The number of anilines is 2. The van der Waals surface area contributed by atoms with Crippen LogP contribution in [0.4, 0.5) is 16.2 Å².